The molecule has 2 aromatic carbocycles. The molecule has 2 aromatic rings. The lowest BCUT2D eigenvalue weighted by Crippen LogP contribution is -2.26. The maximum Gasteiger partial charge on any atom is 0.419 e. The number of rotatable bonds is 8. The van der Waals surface area contributed by atoms with Gasteiger partial charge in [-0.2, -0.15) is 13.2 Å². The second-order valence-electron chi connectivity index (χ2n) is 8.37. The molecule has 0 saturated carbocycles. The third kappa shape index (κ3) is 6.22. The van der Waals surface area contributed by atoms with E-state index >= 15 is 0 Å². The van der Waals surface area contributed by atoms with Gasteiger partial charge in [0.1, 0.15) is 18.1 Å². The second kappa shape index (κ2) is 11.4. The monoisotopic (exact) mass is 520 g/mol. The van der Waals surface area contributed by atoms with Crippen LogP contribution in [0.2, 0.25) is 0 Å². The number of esters is 2. The molecule has 8 nitrogen and oxygen atoms in total. The highest BCUT2D eigenvalue weighted by Crippen LogP contribution is 2.41. The predicted molar refractivity (Wildman–Crippen MR) is 129 cm³/mol. The van der Waals surface area contributed by atoms with Gasteiger partial charge in [0.25, 0.3) is 0 Å². The van der Waals surface area contributed by atoms with Crippen LogP contribution in [0.15, 0.2) is 35.9 Å². The van der Waals surface area contributed by atoms with Gasteiger partial charge in [-0.1, -0.05) is 23.8 Å². The number of ether oxygens (including phenoxy) is 3. The summed E-state index contributed by atoms with van der Waals surface area (Å²) < 4.78 is 55.1. The molecule has 0 fully saturated rings. The number of carbonyl (C=O) groups is 3. The molecule has 0 aliphatic carbocycles. The summed E-state index contributed by atoms with van der Waals surface area (Å²) >= 11 is 0. The summed E-state index contributed by atoms with van der Waals surface area (Å²) in [6, 6.07) is 3.98. The molecule has 1 aliphatic rings. The number of allylic oxidation sites excluding steroid dienone is 2. The lowest BCUT2D eigenvalue weighted by atomic mass is 9.93. The van der Waals surface area contributed by atoms with Crippen LogP contribution >= 0.6 is 0 Å². The fourth-order valence-electron chi connectivity index (χ4n) is 4.01. The summed E-state index contributed by atoms with van der Waals surface area (Å²) in [5.74, 6) is -1.43. The first-order valence-electron chi connectivity index (χ1n) is 11.4. The van der Waals surface area contributed by atoms with Crippen LogP contribution in [0.1, 0.15) is 52.4 Å². The smallest absolute Gasteiger partial charge is 0.419 e. The topological polar surface area (TPSA) is 103 Å². The zero-order chi connectivity index (χ0) is 27.3. The second-order valence-corrected chi connectivity index (χ2v) is 8.37. The summed E-state index contributed by atoms with van der Waals surface area (Å²) in [5, 5.41) is 5.13. The van der Waals surface area contributed by atoms with Crippen LogP contribution in [-0.2, 0) is 28.7 Å². The molecule has 2 amide bonds. The van der Waals surface area contributed by atoms with E-state index < -0.39 is 35.5 Å². The predicted octanol–water partition coefficient (Wildman–Crippen LogP) is 5.32. The van der Waals surface area contributed by atoms with Crippen LogP contribution < -0.4 is 20.1 Å². The molecule has 0 radical (unpaired) electrons. The highest BCUT2D eigenvalue weighted by molar-refractivity contribution is 6.05. The number of fused-ring (bicyclic) bond motifs is 1. The Balaban J connectivity index is 1.79. The van der Waals surface area contributed by atoms with Crippen molar-refractivity contribution in [3.8, 4) is 11.5 Å². The van der Waals surface area contributed by atoms with Crippen LogP contribution in [0.3, 0.4) is 0 Å². The van der Waals surface area contributed by atoms with E-state index in [1.165, 1.54) is 26.3 Å². The molecule has 3 rings (SSSR count). The highest BCUT2D eigenvalue weighted by atomic mass is 19.4. The van der Waals surface area contributed by atoms with Crippen LogP contribution in [-0.4, -0.2) is 32.1 Å². The SMILES string of the molecule is CNC(=O)Nc1c(CC=C(C)CCC(=O)Oc2ccccc2C(F)(F)F)c(OC)c(C)c2c1C(=O)OC2. The highest BCUT2D eigenvalue weighted by Gasteiger charge is 2.35. The molecule has 1 heterocycles. The number of carbonyl (C=O) groups excluding carboxylic acids is 3. The minimum atomic E-state index is -4.65. The lowest BCUT2D eigenvalue weighted by Gasteiger charge is -2.19. The maximum atomic E-state index is 13.1. The first-order valence-corrected chi connectivity index (χ1v) is 11.4. The number of hydrogen-bond donors (Lipinski definition) is 2. The van der Waals surface area contributed by atoms with Gasteiger partial charge in [-0.25, -0.2) is 9.59 Å². The Morgan fingerprint density at radius 2 is 1.89 bits per heavy atom. The number of benzene rings is 2. The van der Waals surface area contributed by atoms with Crippen molar-refractivity contribution >= 4 is 23.7 Å². The van der Waals surface area contributed by atoms with E-state index in [2.05, 4.69) is 10.6 Å². The Hall–Kier alpha value is -4.02. The van der Waals surface area contributed by atoms with Crippen LogP contribution in [0.25, 0.3) is 0 Å². The molecule has 0 atom stereocenters. The van der Waals surface area contributed by atoms with Gasteiger partial charge in [0, 0.05) is 24.6 Å². The van der Waals surface area contributed by atoms with E-state index in [9.17, 15) is 27.6 Å². The number of para-hydroxylation sites is 1. The van der Waals surface area contributed by atoms with Gasteiger partial charge in [-0.3, -0.25) is 4.79 Å². The number of anilines is 1. The fraction of sp³-hybridized carbons (Fsp3) is 0.346. The molecule has 0 bridgehead atoms. The summed E-state index contributed by atoms with van der Waals surface area (Å²) in [4.78, 5) is 36.8. The number of hydrogen-bond acceptors (Lipinski definition) is 6. The Labute approximate surface area is 211 Å². The van der Waals surface area contributed by atoms with Crippen LogP contribution in [0.4, 0.5) is 23.7 Å². The Morgan fingerprint density at radius 1 is 1.19 bits per heavy atom. The summed E-state index contributed by atoms with van der Waals surface area (Å²) in [5.41, 5.74) is 2.13. The van der Waals surface area contributed by atoms with E-state index in [1.54, 1.807) is 19.9 Å². The van der Waals surface area contributed by atoms with E-state index in [1.807, 2.05) is 0 Å². The van der Waals surface area contributed by atoms with Crippen molar-refractivity contribution < 1.29 is 41.8 Å². The molecular formula is C26H27F3N2O6. The quantitative estimate of drug-likeness (QED) is 0.278. The Morgan fingerprint density at radius 3 is 2.54 bits per heavy atom. The van der Waals surface area contributed by atoms with Crippen molar-refractivity contribution in [1.29, 1.82) is 0 Å². The molecule has 0 aromatic heterocycles. The van der Waals surface area contributed by atoms with Gasteiger partial charge in [0.05, 0.1) is 23.9 Å². The van der Waals surface area contributed by atoms with Crippen molar-refractivity contribution in [3.05, 3.63) is 63.7 Å². The van der Waals surface area contributed by atoms with Gasteiger partial charge in [0.15, 0.2) is 0 Å². The minimum absolute atomic E-state index is 0.0630. The normalized spacial score (nSPS) is 13.1. The zero-order valence-electron chi connectivity index (χ0n) is 20.8. The molecule has 0 spiro atoms. The van der Waals surface area contributed by atoms with E-state index in [0.29, 0.717) is 22.4 Å². The summed E-state index contributed by atoms with van der Waals surface area (Å²) in [6.07, 6.45) is -2.55. The number of alkyl halides is 3. The number of halogens is 3. The third-order valence-electron chi connectivity index (χ3n) is 5.94. The van der Waals surface area contributed by atoms with Crippen molar-refractivity contribution in [3.63, 3.8) is 0 Å². The average Bonchev–Trinajstić information content (AvgIpc) is 3.24. The molecule has 1 aliphatic heterocycles. The molecule has 2 N–H and O–H groups in total. The molecular weight excluding hydrogens is 493 g/mol. The standard InChI is InChI=1S/C26H27F3N2O6/c1-14(10-12-20(32)37-19-8-6-5-7-18(19)26(27,28)29)9-11-16-22(31-25(34)30-3)21-17(13-36-24(21)33)15(2)23(16)35-4/h5-9H,10-13H2,1-4H3,(H2,30,31,34). The molecule has 0 saturated heterocycles. The van der Waals surface area contributed by atoms with Gasteiger partial charge in [-0.15, -0.1) is 0 Å². The van der Waals surface area contributed by atoms with Crippen molar-refractivity contribution in [1.82, 2.24) is 5.32 Å². The molecule has 0 unspecified atom stereocenters. The lowest BCUT2D eigenvalue weighted by molar-refractivity contribution is -0.142. The van der Waals surface area contributed by atoms with E-state index in [0.717, 1.165) is 17.7 Å². The first-order chi connectivity index (χ1) is 17.5. The number of amides is 2. The number of methoxy groups -OCH3 is 1. The maximum absolute atomic E-state index is 13.1. The van der Waals surface area contributed by atoms with Gasteiger partial charge < -0.3 is 24.8 Å². The third-order valence-corrected chi connectivity index (χ3v) is 5.94. The number of urea groups is 1. The number of nitrogens with one attached hydrogen (secondary N) is 2. The zero-order valence-corrected chi connectivity index (χ0v) is 20.8. The van der Waals surface area contributed by atoms with Crippen molar-refractivity contribution in [2.24, 2.45) is 0 Å². The first kappa shape index (κ1) is 27.6. The average molecular weight is 521 g/mol. The minimum Gasteiger partial charge on any atom is -0.496 e. The van der Waals surface area contributed by atoms with E-state index in [4.69, 9.17) is 14.2 Å². The van der Waals surface area contributed by atoms with Crippen LogP contribution in [0.5, 0.6) is 11.5 Å². The Bertz CT molecular complexity index is 1250. The molecule has 11 heteroatoms. The fourth-order valence-corrected chi connectivity index (χ4v) is 4.01. The molecule has 37 heavy (non-hydrogen) atoms. The summed E-state index contributed by atoms with van der Waals surface area (Å²) in [6.45, 7) is 3.61. The van der Waals surface area contributed by atoms with Crippen molar-refractivity contribution in [2.45, 2.75) is 45.9 Å². The van der Waals surface area contributed by atoms with Gasteiger partial charge in [0.2, 0.25) is 0 Å². The van der Waals surface area contributed by atoms with Gasteiger partial charge >= 0.3 is 24.1 Å². The number of cyclic esters (lactones) is 1. The largest absolute Gasteiger partial charge is 0.496 e. The van der Waals surface area contributed by atoms with Gasteiger partial charge in [-0.05, 0) is 44.4 Å². The van der Waals surface area contributed by atoms with Crippen molar-refractivity contribution in [2.75, 3.05) is 19.5 Å². The molecule has 198 valence electrons. The summed E-state index contributed by atoms with van der Waals surface area (Å²) in [7, 11) is 2.92. The Kier molecular flexibility index (Phi) is 8.46. The van der Waals surface area contributed by atoms with Crippen LogP contribution in [0, 0.1) is 6.92 Å². The van der Waals surface area contributed by atoms with E-state index in [-0.39, 0.29) is 37.1 Å².